The number of halogens is 1. The first-order valence-electron chi connectivity index (χ1n) is 4.89. The van der Waals surface area contributed by atoms with Gasteiger partial charge >= 0.3 is 0 Å². The summed E-state index contributed by atoms with van der Waals surface area (Å²) < 4.78 is 0. The Morgan fingerprint density at radius 2 is 1.71 bits per heavy atom. The van der Waals surface area contributed by atoms with E-state index in [4.69, 9.17) is 11.6 Å². The second-order valence-corrected chi connectivity index (χ2v) is 4.02. The van der Waals surface area contributed by atoms with Gasteiger partial charge in [0.2, 0.25) is 5.96 Å². The Labute approximate surface area is 90.2 Å². The number of hydrogen-bond acceptors (Lipinski definition) is 2. The van der Waals surface area contributed by atoms with Crippen molar-refractivity contribution >= 4 is 24.6 Å². The third-order valence-electron chi connectivity index (χ3n) is 2.84. The maximum atomic E-state index is 5.39. The van der Waals surface area contributed by atoms with Crippen LogP contribution in [0.5, 0.6) is 0 Å². The van der Waals surface area contributed by atoms with E-state index in [2.05, 4.69) is 10.1 Å². The molecule has 0 aromatic rings. The third kappa shape index (κ3) is 2.87. The molecule has 0 amide bonds. The molecule has 4 nitrogen and oxygen atoms in total. The Kier molecular flexibility index (Phi) is 3.75. The lowest BCUT2D eigenvalue weighted by Crippen LogP contribution is -2.14. The summed E-state index contributed by atoms with van der Waals surface area (Å²) in [7, 11) is 0. The summed E-state index contributed by atoms with van der Waals surface area (Å²) >= 11 is 0. The Balaban J connectivity index is 0.000000980. The van der Waals surface area contributed by atoms with Crippen LogP contribution in [0.25, 0.3) is 0 Å². The predicted octanol–water partition coefficient (Wildman–Crippen LogP) is 1.10. The summed E-state index contributed by atoms with van der Waals surface area (Å²) in [6.45, 7) is 0. The molecule has 0 heterocycles. The van der Waals surface area contributed by atoms with Gasteiger partial charge in [0, 0.05) is 12.1 Å². The minimum absolute atomic E-state index is 0. The highest BCUT2D eigenvalue weighted by atomic mass is 35.5. The van der Waals surface area contributed by atoms with Crippen molar-refractivity contribution in [2.24, 2.45) is 39.4 Å². The van der Waals surface area contributed by atoms with Crippen LogP contribution in [0.3, 0.4) is 0 Å². The number of guanidine groups is 1. The summed E-state index contributed by atoms with van der Waals surface area (Å²) in [4.78, 5) is 4.04. The number of nitrogens with zero attached hydrogens (tertiary/aromatic N) is 2. The van der Waals surface area contributed by atoms with Crippen molar-refractivity contribution in [1.29, 1.82) is 0 Å². The number of rotatable bonds is 3. The number of hydrogen-bond donors (Lipinski definition) is 2. The molecule has 2 fully saturated rings. The third-order valence-corrected chi connectivity index (χ3v) is 2.84. The molecule has 0 aromatic heterocycles. The summed E-state index contributed by atoms with van der Waals surface area (Å²) in [5, 5.41) is 3.32. The fourth-order valence-corrected chi connectivity index (χ4v) is 1.79. The first kappa shape index (κ1) is 11.3. The van der Waals surface area contributed by atoms with Crippen LogP contribution >= 0.6 is 12.4 Å². The fourth-order valence-electron chi connectivity index (χ4n) is 1.79. The van der Waals surface area contributed by atoms with Crippen molar-refractivity contribution in [3.05, 3.63) is 0 Å². The van der Waals surface area contributed by atoms with E-state index in [-0.39, 0.29) is 18.4 Å². The average molecular weight is 217 g/mol. The summed E-state index contributed by atoms with van der Waals surface area (Å²) in [6.07, 6.45) is 7.38. The van der Waals surface area contributed by atoms with Gasteiger partial charge in [-0.2, -0.15) is 0 Å². The van der Waals surface area contributed by atoms with Crippen LogP contribution in [-0.2, 0) is 0 Å². The first-order chi connectivity index (χ1) is 6.31. The first-order valence-corrected chi connectivity index (χ1v) is 4.89. The molecular formula is C9H17ClN4. The van der Waals surface area contributed by atoms with Crippen LogP contribution in [-0.4, -0.2) is 12.2 Å². The van der Waals surface area contributed by atoms with E-state index in [0.717, 1.165) is 11.8 Å². The molecule has 0 radical (unpaired) electrons. The maximum absolute atomic E-state index is 5.39. The molecule has 5 heteroatoms. The number of nitrogens with two attached hydrogens (primary N) is 2. The highest BCUT2D eigenvalue weighted by molar-refractivity contribution is 5.87. The molecule has 2 rings (SSSR count). The Morgan fingerprint density at radius 1 is 1.21 bits per heavy atom. The lowest BCUT2D eigenvalue weighted by atomic mass is 10.00. The second-order valence-electron chi connectivity index (χ2n) is 4.02. The van der Waals surface area contributed by atoms with Gasteiger partial charge in [0.1, 0.15) is 0 Å². The zero-order valence-corrected chi connectivity index (χ0v) is 8.91. The molecule has 14 heavy (non-hydrogen) atoms. The van der Waals surface area contributed by atoms with E-state index in [1.54, 1.807) is 0 Å². The molecule has 0 aromatic carbocycles. The Bertz CT molecular complexity index is 231. The van der Waals surface area contributed by atoms with Crippen molar-refractivity contribution in [3.8, 4) is 0 Å². The molecule has 0 saturated heterocycles. The minimum atomic E-state index is 0. The van der Waals surface area contributed by atoms with Crippen molar-refractivity contribution < 1.29 is 0 Å². The Morgan fingerprint density at radius 3 is 2.07 bits per heavy atom. The van der Waals surface area contributed by atoms with Gasteiger partial charge in [-0.3, -0.25) is 0 Å². The molecule has 0 bridgehead atoms. The quantitative estimate of drug-likeness (QED) is 0.321. The molecule has 0 unspecified atom stereocenters. The average Bonchev–Trinajstić information content (AvgIpc) is 2.98. The topological polar surface area (TPSA) is 76.8 Å². The number of hydrazone groups is 1. The minimum Gasteiger partial charge on any atom is -0.367 e. The van der Waals surface area contributed by atoms with Gasteiger partial charge in [-0.25, -0.2) is 4.99 Å². The van der Waals surface area contributed by atoms with Gasteiger partial charge in [0.05, 0.1) is 0 Å². The van der Waals surface area contributed by atoms with E-state index in [9.17, 15) is 0 Å². The standard InChI is InChI=1S/C9H16N4.ClH/c10-9(13-11)12-5-8(6-1-2-6)7-3-4-7;/h5-8H,1-4,11H2,(H2,10,13);1H. The van der Waals surface area contributed by atoms with E-state index < -0.39 is 0 Å². The molecule has 2 aliphatic carbocycles. The van der Waals surface area contributed by atoms with Crippen LogP contribution in [0.2, 0.25) is 0 Å². The monoisotopic (exact) mass is 216 g/mol. The molecular weight excluding hydrogens is 200 g/mol. The molecule has 0 spiro atoms. The molecule has 0 aliphatic heterocycles. The lowest BCUT2D eigenvalue weighted by molar-refractivity contribution is 0.545. The van der Waals surface area contributed by atoms with Crippen LogP contribution in [0.4, 0.5) is 0 Å². The molecule has 4 N–H and O–H groups in total. The van der Waals surface area contributed by atoms with Crippen molar-refractivity contribution in [2.45, 2.75) is 25.7 Å². The molecule has 2 saturated carbocycles. The Hall–Kier alpha value is -0.770. The van der Waals surface area contributed by atoms with Crippen molar-refractivity contribution in [3.63, 3.8) is 0 Å². The van der Waals surface area contributed by atoms with Gasteiger partial charge in [0.25, 0.3) is 0 Å². The van der Waals surface area contributed by atoms with Crippen LogP contribution < -0.4 is 11.6 Å². The molecule has 0 atom stereocenters. The largest absolute Gasteiger partial charge is 0.367 e. The fraction of sp³-hybridized carbons (Fsp3) is 0.778. The van der Waals surface area contributed by atoms with Gasteiger partial charge in [-0.1, -0.05) is 0 Å². The van der Waals surface area contributed by atoms with Crippen LogP contribution in [0.15, 0.2) is 10.1 Å². The van der Waals surface area contributed by atoms with Crippen LogP contribution in [0, 0.1) is 17.8 Å². The summed E-state index contributed by atoms with van der Waals surface area (Å²) in [5.41, 5.74) is 5.39. The zero-order chi connectivity index (χ0) is 9.26. The molecule has 80 valence electrons. The molecule has 2 aliphatic rings. The summed E-state index contributed by atoms with van der Waals surface area (Å²) in [6, 6.07) is 0. The zero-order valence-electron chi connectivity index (χ0n) is 8.10. The smallest absolute Gasteiger partial charge is 0.236 e. The van der Waals surface area contributed by atoms with E-state index in [0.29, 0.717) is 5.92 Å². The van der Waals surface area contributed by atoms with E-state index in [1.807, 2.05) is 6.21 Å². The van der Waals surface area contributed by atoms with Crippen LogP contribution in [0.1, 0.15) is 25.7 Å². The van der Waals surface area contributed by atoms with Gasteiger partial charge in [0.15, 0.2) is 0 Å². The van der Waals surface area contributed by atoms with Gasteiger partial charge < -0.3 is 11.6 Å². The highest BCUT2D eigenvalue weighted by Crippen LogP contribution is 2.48. The highest BCUT2D eigenvalue weighted by Gasteiger charge is 2.40. The summed E-state index contributed by atoms with van der Waals surface area (Å²) in [5.74, 6) is 7.54. The van der Waals surface area contributed by atoms with Gasteiger partial charge in [-0.15, -0.1) is 17.5 Å². The normalized spacial score (nSPS) is 22.8. The predicted molar refractivity (Wildman–Crippen MR) is 60.5 cm³/mol. The second kappa shape index (κ2) is 4.64. The van der Waals surface area contributed by atoms with E-state index >= 15 is 0 Å². The SMILES string of the molecule is Cl.NN=C(N)N=CC(C1CC1)C1CC1. The van der Waals surface area contributed by atoms with Gasteiger partial charge in [-0.05, 0) is 37.5 Å². The maximum Gasteiger partial charge on any atom is 0.236 e. The van der Waals surface area contributed by atoms with Crippen molar-refractivity contribution in [1.82, 2.24) is 0 Å². The number of aliphatic imine (C=N–C) groups is 1. The van der Waals surface area contributed by atoms with E-state index in [1.165, 1.54) is 25.7 Å². The lowest BCUT2D eigenvalue weighted by Gasteiger charge is -2.07. The van der Waals surface area contributed by atoms with Crippen molar-refractivity contribution in [2.75, 3.05) is 0 Å².